The maximum atomic E-state index is 14.2. The number of amides is 2. The van der Waals surface area contributed by atoms with Crippen LogP contribution in [0, 0.1) is 32.7 Å². The van der Waals surface area contributed by atoms with Gasteiger partial charge in [-0.15, -0.1) is 0 Å². The number of aliphatic hydroxyl groups is 2. The number of rotatable bonds is 11. The van der Waals surface area contributed by atoms with Crippen molar-refractivity contribution in [2.24, 2.45) is 29.1 Å². The number of nitrogens with zero attached hydrogens (tertiary/aromatic N) is 1. The van der Waals surface area contributed by atoms with Gasteiger partial charge in [-0.25, -0.2) is 0 Å². The second-order valence-corrected chi connectivity index (χ2v) is 14.8. The van der Waals surface area contributed by atoms with E-state index in [1.165, 1.54) is 26.4 Å². The first-order chi connectivity index (χ1) is 20.7. The molecule has 6 aliphatic rings. The van der Waals surface area contributed by atoms with E-state index < -0.39 is 18.2 Å². The van der Waals surface area contributed by atoms with Crippen LogP contribution in [0.5, 0.6) is 11.5 Å². The highest BCUT2D eigenvalue weighted by molar-refractivity contribution is 14.1. The fourth-order valence-corrected chi connectivity index (χ4v) is 9.68. The van der Waals surface area contributed by atoms with E-state index in [1.54, 1.807) is 18.2 Å². The van der Waals surface area contributed by atoms with Gasteiger partial charge >= 0.3 is 0 Å². The number of aldehydes is 1. The predicted molar refractivity (Wildman–Crippen MR) is 168 cm³/mol. The maximum Gasteiger partial charge on any atom is 0.247 e. The number of carbonyl (C=O) groups is 3. The van der Waals surface area contributed by atoms with Gasteiger partial charge in [-0.2, -0.15) is 0 Å². The van der Waals surface area contributed by atoms with Crippen LogP contribution in [0.4, 0.5) is 0 Å². The minimum Gasteiger partial charge on any atom is -0.493 e. The molecule has 0 saturated heterocycles. The normalized spacial score (nSPS) is 32.9. The van der Waals surface area contributed by atoms with Crippen molar-refractivity contribution in [2.45, 2.75) is 82.5 Å². The summed E-state index contributed by atoms with van der Waals surface area (Å²) < 4.78 is 12.6. The molecule has 5 fully saturated rings. The third-order valence-corrected chi connectivity index (χ3v) is 11.5. The summed E-state index contributed by atoms with van der Waals surface area (Å²) in [7, 11) is 1.49. The van der Waals surface area contributed by atoms with E-state index in [4.69, 9.17) is 9.47 Å². The van der Waals surface area contributed by atoms with Gasteiger partial charge in [0, 0.05) is 36.6 Å². The van der Waals surface area contributed by atoms with Crippen LogP contribution in [0.25, 0.3) is 0 Å². The van der Waals surface area contributed by atoms with Gasteiger partial charge in [0.15, 0.2) is 11.5 Å². The number of benzene rings is 1. The summed E-state index contributed by atoms with van der Waals surface area (Å²) in [5, 5.41) is 24.1. The van der Waals surface area contributed by atoms with E-state index in [0.717, 1.165) is 62.6 Å². The number of hydrogen-bond acceptors (Lipinski definition) is 7. The Kier molecular flexibility index (Phi) is 9.08. The first kappa shape index (κ1) is 30.8. The Hall–Kier alpha value is -2.18. The van der Waals surface area contributed by atoms with E-state index in [0.29, 0.717) is 32.8 Å². The van der Waals surface area contributed by atoms with Crippen molar-refractivity contribution in [1.82, 2.24) is 10.2 Å². The third-order valence-electron chi connectivity index (χ3n) is 10.7. The lowest BCUT2D eigenvalue weighted by molar-refractivity contribution is -0.153. The van der Waals surface area contributed by atoms with Crippen LogP contribution >= 0.6 is 22.6 Å². The molecule has 0 aromatic heterocycles. The number of halogens is 1. The lowest BCUT2D eigenvalue weighted by atomic mass is 9.49. The molecular formula is C33H43IN2O7. The largest absolute Gasteiger partial charge is 0.493 e. The van der Waals surface area contributed by atoms with E-state index in [1.807, 2.05) is 4.90 Å². The molecule has 5 saturated carbocycles. The van der Waals surface area contributed by atoms with Gasteiger partial charge in [0.2, 0.25) is 11.8 Å². The van der Waals surface area contributed by atoms with Crippen molar-refractivity contribution in [3.05, 3.63) is 32.9 Å². The molecule has 0 aliphatic heterocycles. The lowest BCUT2D eigenvalue weighted by Gasteiger charge is -2.59. The summed E-state index contributed by atoms with van der Waals surface area (Å²) in [5.41, 5.74) is 0.917. The first-order valence-electron chi connectivity index (χ1n) is 15.8. The van der Waals surface area contributed by atoms with Crippen molar-refractivity contribution in [3.8, 4) is 11.5 Å². The number of ether oxygens (including phenoxy) is 2. The average molecular weight is 707 g/mol. The van der Waals surface area contributed by atoms with Crippen molar-refractivity contribution in [3.63, 3.8) is 0 Å². The zero-order chi connectivity index (χ0) is 30.3. The molecule has 0 heterocycles. The number of carbonyl (C=O) groups excluding carboxylic acids is 3. The molecule has 9 nitrogen and oxygen atoms in total. The molecule has 4 bridgehead atoms. The smallest absolute Gasteiger partial charge is 0.247 e. The fraction of sp³-hybridized carbons (Fsp3) is 0.667. The zero-order valence-corrected chi connectivity index (χ0v) is 27.0. The molecule has 0 radical (unpaired) electrons. The molecule has 234 valence electrons. The van der Waals surface area contributed by atoms with Crippen LogP contribution in [0.15, 0.2) is 23.8 Å². The molecule has 1 aromatic rings. The van der Waals surface area contributed by atoms with Crippen molar-refractivity contribution in [1.29, 1.82) is 0 Å². The SMILES string of the molecule is COc1cc(C=O)cc(I)c1O[C@H]1C=C(C(=O)NCCO)C[C@@H](N(CC23CC4CC(CC(C4)C2)C3)C(=O)C2CCC2)[C@@H]1O. The summed E-state index contributed by atoms with van der Waals surface area (Å²) in [6.07, 6.45) is 10.6. The van der Waals surface area contributed by atoms with Gasteiger partial charge < -0.3 is 29.9 Å². The third kappa shape index (κ3) is 6.20. The Bertz CT molecular complexity index is 1240. The Balaban J connectivity index is 1.34. The van der Waals surface area contributed by atoms with E-state index in [2.05, 4.69) is 27.9 Å². The molecule has 0 spiro atoms. The van der Waals surface area contributed by atoms with Crippen LogP contribution in [-0.4, -0.2) is 78.3 Å². The minimum atomic E-state index is -1.08. The summed E-state index contributed by atoms with van der Waals surface area (Å²) in [6, 6.07) is 2.62. The van der Waals surface area contributed by atoms with Crippen molar-refractivity contribution in [2.75, 3.05) is 26.8 Å². The first-order valence-corrected chi connectivity index (χ1v) is 16.9. The van der Waals surface area contributed by atoms with Crippen LogP contribution < -0.4 is 14.8 Å². The molecule has 3 atom stereocenters. The van der Waals surface area contributed by atoms with Crippen molar-refractivity contribution < 1.29 is 34.1 Å². The standard InChI is InChI=1S/C33H43IN2O7/c1-42-28-11-22(17-38)10-25(34)30(28)43-27-13-24(31(40)35-5-6-37)12-26(29(27)39)36(32(41)23-3-2-4-23)18-33-14-19-7-20(15-33)9-21(8-19)16-33/h10-11,13,17,19-21,23,26-27,29,37,39H,2-9,12,14-16,18H2,1H3,(H,35,40)/t19?,20?,21?,26-,27+,29+,33?/m1/s1. The number of aliphatic hydroxyl groups excluding tert-OH is 2. The Morgan fingerprint density at radius 1 is 1.14 bits per heavy atom. The quantitative estimate of drug-likeness (QED) is 0.236. The fourth-order valence-electron chi connectivity index (χ4n) is 8.93. The molecular weight excluding hydrogens is 663 g/mol. The lowest BCUT2D eigenvalue weighted by Crippen LogP contribution is -2.60. The molecule has 7 rings (SSSR count). The van der Waals surface area contributed by atoms with Crippen LogP contribution in [-0.2, 0) is 9.59 Å². The molecule has 1 aromatic carbocycles. The molecule has 0 unspecified atom stereocenters. The molecule has 3 N–H and O–H groups in total. The predicted octanol–water partition coefficient (Wildman–Crippen LogP) is 3.87. The monoisotopic (exact) mass is 706 g/mol. The highest BCUT2D eigenvalue weighted by atomic mass is 127. The van der Waals surface area contributed by atoms with E-state index in [-0.39, 0.29) is 42.7 Å². The molecule has 10 heteroatoms. The molecule has 43 heavy (non-hydrogen) atoms. The van der Waals surface area contributed by atoms with Gasteiger partial charge in [0.05, 0.1) is 23.3 Å². The maximum absolute atomic E-state index is 14.2. The Morgan fingerprint density at radius 2 is 1.81 bits per heavy atom. The van der Waals surface area contributed by atoms with Gasteiger partial charge in [0.25, 0.3) is 0 Å². The molecule has 2 amide bonds. The number of nitrogens with one attached hydrogen (secondary N) is 1. The van der Waals surface area contributed by atoms with E-state index in [9.17, 15) is 24.6 Å². The van der Waals surface area contributed by atoms with Crippen LogP contribution in [0.2, 0.25) is 0 Å². The summed E-state index contributed by atoms with van der Waals surface area (Å²) in [5.74, 6) is 2.58. The van der Waals surface area contributed by atoms with Gasteiger partial charge in [-0.05, 0) is 115 Å². The van der Waals surface area contributed by atoms with E-state index >= 15 is 0 Å². The van der Waals surface area contributed by atoms with Crippen LogP contribution in [0.1, 0.15) is 74.6 Å². The highest BCUT2D eigenvalue weighted by Crippen LogP contribution is 2.60. The van der Waals surface area contributed by atoms with Gasteiger partial charge in [0.1, 0.15) is 18.5 Å². The summed E-state index contributed by atoms with van der Waals surface area (Å²) >= 11 is 2.07. The van der Waals surface area contributed by atoms with Crippen molar-refractivity contribution >= 4 is 40.7 Å². The second-order valence-electron chi connectivity index (χ2n) is 13.7. The minimum absolute atomic E-state index is 0.0463. The molecule has 6 aliphatic carbocycles. The topological polar surface area (TPSA) is 125 Å². The summed E-state index contributed by atoms with van der Waals surface area (Å²) in [6.45, 7) is 0.522. The van der Waals surface area contributed by atoms with Crippen LogP contribution in [0.3, 0.4) is 0 Å². The zero-order valence-electron chi connectivity index (χ0n) is 24.8. The number of hydrogen-bond donors (Lipinski definition) is 3. The second kappa shape index (κ2) is 12.7. The average Bonchev–Trinajstić information content (AvgIpc) is 2.94. The summed E-state index contributed by atoms with van der Waals surface area (Å²) in [4.78, 5) is 40.9. The Labute approximate surface area is 266 Å². The highest BCUT2D eigenvalue weighted by Gasteiger charge is 2.53. The van der Waals surface area contributed by atoms with Gasteiger partial charge in [-0.1, -0.05) is 6.42 Å². The number of methoxy groups -OCH3 is 1. The van der Waals surface area contributed by atoms with Gasteiger partial charge in [-0.3, -0.25) is 14.4 Å². The Morgan fingerprint density at radius 3 is 2.37 bits per heavy atom.